The minimum atomic E-state index is -0.952. The third kappa shape index (κ3) is 9.02. The zero-order valence-corrected chi connectivity index (χ0v) is 26.7. The molecular weight excluding hydrogens is 580 g/mol. The number of nitrogens with one attached hydrogen (secondary N) is 1. The van der Waals surface area contributed by atoms with E-state index in [0.717, 1.165) is 69.3 Å². The van der Waals surface area contributed by atoms with Crippen LogP contribution in [0.25, 0.3) is 16.5 Å². The number of benzene rings is 3. The van der Waals surface area contributed by atoms with Crippen LogP contribution in [-0.4, -0.2) is 22.0 Å². The molecule has 1 aliphatic rings. The van der Waals surface area contributed by atoms with Crippen molar-refractivity contribution in [3.05, 3.63) is 124 Å². The van der Waals surface area contributed by atoms with Crippen molar-refractivity contribution < 1.29 is 19.4 Å². The molecule has 5 rings (SSSR count). The molecule has 7 heteroatoms. The summed E-state index contributed by atoms with van der Waals surface area (Å²) in [7, 11) is 0. The second kappa shape index (κ2) is 15.5. The number of nitrogens with zero attached hydrogens (tertiary/aromatic N) is 1. The number of aliphatic carboxylic acids is 1. The standard InChI is InChI=1S/C38H40N2O4S/c1-26(22-27(2)38(42)43)23-33-35(30-14-8-4-9-15-30)45-37(40-33)34(39-36(41)31-16-10-5-11-17-31)24-28-18-20-32(21-19-28)44-25-29-12-6-3-7-13-29/h3-4,6-9,12-15,18-23,31,34H,5,10-11,16-17,24-25H2,1-2H3,(H,39,41)(H,42,43)/b26-23+,27-22-. The van der Waals surface area contributed by atoms with E-state index in [1.54, 1.807) is 24.3 Å². The van der Waals surface area contributed by atoms with Gasteiger partial charge in [0.2, 0.25) is 5.91 Å². The molecule has 0 radical (unpaired) electrons. The smallest absolute Gasteiger partial charge is 0.331 e. The van der Waals surface area contributed by atoms with Gasteiger partial charge in [-0.1, -0.05) is 92.1 Å². The van der Waals surface area contributed by atoms with E-state index in [1.165, 1.54) is 6.42 Å². The van der Waals surface area contributed by atoms with Gasteiger partial charge in [0.05, 0.1) is 16.6 Å². The summed E-state index contributed by atoms with van der Waals surface area (Å²) < 4.78 is 6.00. The van der Waals surface area contributed by atoms with Gasteiger partial charge in [-0.25, -0.2) is 9.78 Å². The van der Waals surface area contributed by atoms with E-state index in [4.69, 9.17) is 9.72 Å². The van der Waals surface area contributed by atoms with Crippen molar-refractivity contribution in [3.8, 4) is 16.2 Å². The molecule has 1 aromatic heterocycles. The molecule has 0 bridgehead atoms. The first kappa shape index (κ1) is 31.9. The molecule has 1 amide bonds. The molecule has 6 nitrogen and oxygen atoms in total. The fourth-order valence-corrected chi connectivity index (χ4v) is 6.71. The lowest BCUT2D eigenvalue weighted by Gasteiger charge is -2.24. The zero-order valence-electron chi connectivity index (χ0n) is 25.9. The molecular formula is C38H40N2O4S. The predicted molar refractivity (Wildman–Crippen MR) is 181 cm³/mol. The van der Waals surface area contributed by atoms with Gasteiger partial charge < -0.3 is 15.2 Å². The van der Waals surface area contributed by atoms with E-state index >= 15 is 0 Å². The number of carboxylic acids is 1. The van der Waals surface area contributed by atoms with E-state index in [0.29, 0.717) is 13.0 Å². The summed E-state index contributed by atoms with van der Waals surface area (Å²) in [4.78, 5) is 31.0. The summed E-state index contributed by atoms with van der Waals surface area (Å²) in [6, 6.07) is 27.9. The molecule has 1 unspecified atom stereocenters. The van der Waals surface area contributed by atoms with Crippen LogP contribution >= 0.6 is 11.3 Å². The van der Waals surface area contributed by atoms with Gasteiger partial charge in [0.1, 0.15) is 17.4 Å². The maximum Gasteiger partial charge on any atom is 0.331 e. The molecule has 3 aromatic carbocycles. The Hall–Kier alpha value is -4.49. The topological polar surface area (TPSA) is 88.5 Å². The molecule has 2 N–H and O–H groups in total. The Morgan fingerprint density at radius 1 is 0.933 bits per heavy atom. The first-order valence-corrected chi connectivity index (χ1v) is 16.4. The van der Waals surface area contributed by atoms with Crippen LogP contribution in [0.3, 0.4) is 0 Å². The highest BCUT2D eigenvalue weighted by Gasteiger charge is 2.27. The second-order valence-electron chi connectivity index (χ2n) is 11.7. The number of thiazole rings is 1. The van der Waals surface area contributed by atoms with Crippen molar-refractivity contribution in [3.63, 3.8) is 0 Å². The van der Waals surface area contributed by atoms with Crippen LogP contribution < -0.4 is 10.1 Å². The second-order valence-corrected chi connectivity index (χ2v) is 12.7. The summed E-state index contributed by atoms with van der Waals surface area (Å²) in [5.74, 6) is -0.0489. The fraction of sp³-hybridized carbons (Fsp3) is 0.289. The van der Waals surface area contributed by atoms with Crippen LogP contribution in [-0.2, 0) is 22.6 Å². The van der Waals surface area contributed by atoms with Gasteiger partial charge in [-0.05, 0) is 79.7 Å². The van der Waals surface area contributed by atoms with Gasteiger partial charge >= 0.3 is 5.97 Å². The van der Waals surface area contributed by atoms with Crippen molar-refractivity contribution in [1.82, 2.24) is 10.3 Å². The maximum atomic E-state index is 13.5. The van der Waals surface area contributed by atoms with Crippen LogP contribution in [0.1, 0.15) is 73.8 Å². The Morgan fingerprint density at radius 3 is 2.27 bits per heavy atom. The lowest BCUT2D eigenvalue weighted by Crippen LogP contribution is -2.35. The highest BCUT2D eigenvalue weighted by molar-refractivity contribution is 7.15. The predicted octanol–water partition coefficient (Wildman–Crippen LogP) is 8.80. The van der Waals surface area contributed by atoms with Crippen molar-refractivity contribution >= 4 is 29.3 Å². The summed E-state index contributed by atoms with van der Waals surface area (Å²) in [5, 5.41) is 13.6. The Morgan fingerprint density at radius 2 is 1.60 bits per heavy atom. The number of carbonyl (C=O) groups is 2. The summed E-state index contributed by atoms with van der Waals surface area (Å²) >= 11 is 1.57. The Labute approximate surface area is 269 Å². The number of amides is 1. The number of hydrogen-bond acceptors (Lipinski definition) is 5. The molecule has 0 spiro atoms. The molecule has 4 aromatic rings. The fourth-order valence-electron chi connectivity index (χ4n) is 5.61. The summed E-state index contributed by atoms with van der Waals surface area (Å²) in [5.41, 5.74) is 5.01. The Bertz CT molecular complexity index is 1640. The van der Waals surface area contributed by atoms with Crippen molar-refractivity contribution in [1.29, 1.82) is 0 Å². The minimum Gasteiger partial charge on any atom is -0.489 e. The Balaban J connectivity index is 1.44. The third-order valence-electron chi connectivity index (χ3n) is 8.05. The van der Waals surface area contributed by atoms with Crippen LogP contribution in [0.4, 0.5) is 0 Å². The summed E-state index contributed by atoms with van der Waals surface area (Å²) in [6.07, 6.45) is 9.35. The molecule has 0 aliphatic heterocycles. The molecule has 1 aliphatic carbocycles. The van der Waals surface area contributed by atoms with Crippen LogP contribution in [0.15, 0.2) is 102 Å². The normalized spacial score (nSPS) is 15.0. The number of aromatic nitrogens is 1. The van der Waals surface area contributed by atoms with Crippen LogP contribution in [0, 0.1) is 5.92 Å². The average molecular weight is 621 g/mol. The van der Waals surface area contributed by atoms with Gasteiger partial charge in [-0.3, -0.25) is 4.79 Å². The van der Waals surface area contributed by atoms with Gasteiger partial charge in [-0.15, -0.1) is 11.3 Å². The lowest BCUT2D eigenvalue weighted by atomic mass is 9.88. The number of rotatable bonds is 12. The van der Waals surface area contributed by atoms with Crippen LogP contribution in [0.2, 0.25) is 0 Å². The first-order chi connectivity index (χ1) is 21.9. The molecule has 45 heavy (non-hydrogen) atoms. The van der Waals surface area contributed by atoms with E-state index in [1.807, 2.05) is 85.8 Å². The lowest BCUT2D eigenvalue weighted by molar-refractivity contribution is -0.132. The van der Waals surface area contributed by atoms with Crippen molar-refractivity contribution in [2.75, 3.05) is 0 Å². The van der Waals surface area contributed by atoms with Gasteiger partial charge in [0.15, 0.2) is 0 Å². The highest BCUT2D eigenvalue weighted by atomic mass is 32.1. The van der Waals surface area contributed by atoms with Gasteiger partial charge in [0.25, 0.3) is 0 Å². The van der Waals surface area contributed by atoms with E-state index in [-0.39, 0.29) is 23.4 Å². The van der Waals surface area contributed by atoms with Crippen LogP contribution in [0.5, 0.6) is 5.75 Å². The molecule has 1 saturated carbocycles. The number of carboxylic acid groups (broad SMARTS) is 1. The van der Waals surface area contributed by atoms with E-state index in [2.05, 4.69) is 17.4 Å². The largest absolute Gasteiger partial charge is 0.489 e. The number of ether oxygens (including phenoxy) is 1. The highest BCUT2D eigenvalue weighted by Crippen LogP contribution is 2.36. The molecule has 0 saturated heterocycles. The van der Waals surface area contributed by atoms with Crippen molar-refractivity contribution in [2.45, 2.75) is 65.0 Å². The van der Waals surface area contributed by atoms with Gasteiger partial charge in [-0.2, -0.15) is 0 Å². The third-order valence-corrected chi connectivity index (χ3v) is 9.29. The maximum absolute atomic E-state index is 13.5. The number of allylic oxidation sites excluding steroid dienone is 2. The molecule has 1 atom stereocenters. The van der Waals surface area contributed by atoms with Crippen molar-refractivity contribution in [2.24, 2.45) is 5.92 Å². The SMILES string of the molecule is C/C(=C/C(C)=C/c1nc(C(Cc2ccc(OCc3ccccc3)cc2)NC(=O)C2CCCCC2)sc1-c1ccccc1)C(=O)O. The molecule has 232 valence electrons. The summed E-state index contributed by atoms with van der Waals surface area (Å²) in [6.45, 7) is 3.96. The monoisotopic (exact) mass is 620 g/mol. The average Bonchev–Trinajstić information content (AvgIpc) is 3.48. The first-order valence-electron chi connectivity index (χ1n) is 15.6. The minimum absolute atomic E-state index is 0.0225. The van der Waals surface area contributed by atoms with E-state index in [9.17, 15) is 14.7 Å². The van der Waals surface area contributed by atoms with E-state index < -0.39 is 5.97 Å². The number of hydrogen-bond donors (Lipinski definition) is 2. The zero-order chi connectivity index (χ0) is 31.6. The number of carbonyl (C=O) groups excluding carboxylic acids is 1. The van der Waals surface area contributed by atoms with Gasteiger partial charge in [0, 0.05) is 11.5 Å². The Kier molecular flexibility index (Phi) is 11.0. The molecule has 1 heterocycles. The molecule has 1 fully saturated rings. The quantitative estimate of drug-likeness (QED) is 0.122.